The minimum absolute atomic E-state index is 0.102. The number of aromatic nitrogens is 1. The third kappa shape index (κ3) is 3.53. The third-order valence-corrected chi connectivity index (χ3v) is 5.81. The van der Waals surface area contributed by atoms with Crippen molar-refractivity contribution < 1.29 is 0 Å². The molecule has 4 heteroatoms. The fourth-order valence-corrected chi connectivity index (χ4v) is 5.07. The molecule has 0 aromatic carbocycles. The molecule has 1 N–H and O–H groups in total. The van der Waals surface area contributed by atoms with E-state index in [1.54, 1.807) is 0 Å². The standard InChI is InChI=1S/C15H26N2S2/c1-11(2)17-15(7-6-8-18-10-15)13-16-12(9-19-13)14(3,4)5/h9,11,17H,6-8,10H2,1-5H3. The molecule has 0 saturated carbocycles. The summed E-state index contributed by atoms with van der Waals surface area (Å²) in [5.74, 6) is 2.45. The Morgan fingerprint density at radius 2 is 2.11 bits per heavy atom. The molecule has 2 rings (SSSR count). The van der Waals surface area contributed by atoms with E-state index in [2.05, 4.69) is 57.1 Å². The maximum atomic E-state index is 4.97. The smallest absolute Gasteiger partial charge is 0.114 e. The summed E-state index contributed by atoms with van der Waals surface area (Å²) >= 11 is 3.90. The van der Waals surface area contributed by atoms with E-state index in [4.69, 9.17) is 4.98 Å². The first kappa shape index (κ1) is 15.3. The van der Waals surface area contributed by atoms with E-state index in [1.165, 1.54) is 29.3 Å². The molecular weight excluding hydrogens is 272 g/mol. The van der Waals surface area contributed by atoms with Crippen LogP contribution >= 0.6 is 23.1 Å². The van der Waals surface area contributed by atoms with Crippen molar-refractivity contribution in [3.05, 3.63) is 16.1 Å². The molecule has 1 aliphatic rings. The predicted octanol–water partition coefficient (Wildman–Crippen LogP) is 4.16. The number of hydrogen-bond acceptors (Lipinski definition) is 4. The molecule has 1 aliphatic heterocycles. The minimum atomic E-state index is 0.102. The maximum Gasteiger partial charge on any atom is 0.114 e. The van der Waals surface area contributed by atoms with E-state index >= 15 is 0 Å². The van der Waals surface area contributed by atoms with Crippen LogP contribution in [0.5, 0.6) is 0 Å². The number of hydrogen-bond donors (Lipinski definition) is 1. The largest absolute Gasteiger partial charge is 0.302 e. The fraction of sp³-hybridized carbons (Fsp3) is 0.800. The zero-order valence-corrected chi connectivity index (χ0v) is 14.4. The van der Waals surface area contributed by atoms with E-state index in [-0.39, 0.29) is 11.0 Å². The van der Waals surface area contributed by atoms with Gasteiger partial charge >= 0.3 is 0 Å². The van der Waals surface area contributed by atoms with Gasteiger partial charge in [-0.15, -0.1) is 11.3 Å². The Morgan fingerprint density at radius 3 is 2.58 bits per heavy atom. The van der Waals surface area contributed by atoms with Crippen molar-refractivity contribution in [1.29, 1.82) is 0 Å². The molecule has 1 aromatic heterocycles. The molecule has 1 fully saturated rings. The van der Waals surface area contributed by atoms with E-state index in [9.17, 15) is 0 Å². The van der Waals surface area contributed by atoms with Crippen molar-refractivity contribution in [3.8, 4) is 0 Å². The molecule has 0 amide bonds. The topological polar surface area (TPSA) is 24.9 Å². The van der Waals surface area contributed by atoms with E-state index in [1.807, 2.05) is 11.3 Å². The predicted molar refractivity (Wildman–Crippen MR) is 87.3 cm³/mol. The molecule has 2 nitrogen and oxygen atoms in total. The molecular formula is C15H26N2S2. The lowest BCUT2D eigenvalue weighted by Crippen LogP contribution is -2.49. The lowest BCUT2D eigenvalue weighted by atomic mass is 9.92. The van der Waals surface area contributed by atoms with Gasteiger partial charge in [-0.3, -0.25) is 0 Å². The number of nitrogens with one attached hydrogen (secondary N) is 1. The van der Waals surface area contributed by atoms with Crippen LogP contribution in [0.3, 0.4) is 0 Å². The summed E-state index contributed by atoms with van der Waals surface area (Å²) in [7, 11) is 0. The highest BCUT2D eigenvalue weighted by Crippen LogP contribution is 2.38. The molecule has 0 bridgehead atoms. The average Bonchev–Trinajstić information content (AvgIpc) is 2.78. The van der Waals surface area contributed by atoms with Gasteiger partial charge in [0.15, 0.2) is 0 Å². The van der Waals surface area contributed by atoms with Crippen LogP contribution in [0.4, 0.5) is 0 Å². The number of rotatable bonds is 3. The highest BCUT2D eigenvalue weighted by Gasteiger charge is 2.38. The van der Waals surface area contributed by atoms with Crippen LogP contribution in [0.1, 0.15) is 58.2 Å². The molecule has 1 aromatic rings. The van der Waals surface area contributed by atoms with E-state index in [0.717, 1.165) is 5.75 Å². The molecule has 0 aliphatic carbocycles. The Balaban J connectivity index is 2.30. The first-order valence-electron chi connectivity index (χ1n) is 7.15. The van der Waals surface area contributed by atoms with Gasteiger partial charge in [0, 0.05) is 22.6 Å². The Kier molecular flexibility index (Phi) is 4.63. The summed E-state index contributed by atoms with van der Waals surface area (Å²) in [4.78, 5) is 4.97. The average molecular weight is 299 g/mol. The molecule has 1 saturated heterocycles. The highest BCUT2D eigenvalue weighted by atomic mass is 32.2. The molecule has 1 atom stereocenters. The van der Waals surface area contributed by atoms with Crippen LogP contribution in [-0.2, 0) is 11.0 Å². The van der Waals surface area contributed by atoms with Crippen molar-refractivity contribution in [3.63, 3.8) is 0 Å². The number of nitrogens with zero attached hydrogens (tertiary/aromatic N) is 1. The van der Waals surface area contributed by atoms with Crippen LogP contribution in [-0.4, -0.2) is 22.5 Å². The number of thiazole rings is 1. The van der Waals surface area contributed by atoms with Gasteiger partial charge in [-0.05, 0) is 32.4 Å². The minimum Gasteiger partial charge on any atom is -0.302 e. The second-order valence-electron chi connectivity index (χ2n) is 6.83. The van der Waals surface area contributed by atoms with Crippen molar-refractivity contribution in [2.75, 3.05) is 11.5 Å². The highest BCUT2D eigenvalue weighted by molar-refractivity contribution is 7.99. The van der Waals surface area contributed by atoms with Gasteiger partial charge in [0.2, 0.25) is 0 Å². The lowest BCUT2D eigenvalue weighted by Gasteiger charge is -2.38. The summed E-state index contributed by atoms with van der Waals surface area (Å²) in [5, 5.41) is 7.34. The van der Waals surface area contributed by atoms with Crippen molar-refractivity contribution in [2.24, 2.45) is 0 Å². The molecule has 19 heavy (non-hydrogen) atoms. The lowest BCUT2D eigenvalue weighted by molar-refractivity contribution is 0.308. The molecule has 1 unspecified atom stereocenters. The van der Waals surface area contributed by atoms with Gasteiger partial charge in [0.05, 0.1) is 11.2 Å². The normalized spacial score (nSPS) is 24.9. The second kappa shape index (κ2) is 5.74. The Bertz CT molecular complexity index is 412. The molecule has 0 radical (unpaired) electrons. The van der Waals surface area contributed by atoms with Gasteiger partial charge < -0.3 is 5.32 Å². The quantitative estimate of drug-likeness (QED) is 0.907. The molecule has 108 valence electrons. The third-order valence-electron chi connectivity index (χ3n) is 3.49. The summed E-state index contributed by atoms with van der Waals surface area (Å²) in [6, 6.07) is 0.501. The van der Waals surface area contributed by atoms with E-state index < -0.39 is 0 Å². The zero-order valence-electron chi connectivity index (χ0n) is 12.7. The molecule has 2 heterocycles. The van der Waals surface area contributed by atoms with Crippen LogP contribution in [0.25, 0.3) is 0 Å². The Morgan fingerprint density at radius 1 is 1.37 bits per heavy atom. The Hall–Kier alpha value is -0.0600. The van der Waals surface area contributed by atoms with E-state index in [0.29, 0.717) is 6.04 Å². The van der Waals surface area contributed by atoms with Crippen LogP contribution in [0.2, 0.25) is 0 Å². The summed E-state index contributed by atoms with van der Waals surface area (Å²) in [6.07, 6.45) is 2.50. The van der Waals surface area contributed by atoms with Gasteiger partial charge in [0.25, 0.3) is 0 Å². The van der Waals surface area contributed by atoms with Crippen molar-refractivity contribution in [2.45, 2.75) is 64.5 Å². The second-order valence-corrected chi connectivity index (χ2v) is 8.79. The summed E-state index contributed by atoms with van der Waals surface area (Å²) in [6.45, 7) is 11.2. The number of thioether (sulfide) groups is 1. The van der Waals surface area contributed by atoms with Crippen LogP contribution in [0, 0.1) is 0 Å². The summed E-state index contributed by atoms with van der Waals surface area (Å²) < 4.78 is 0. The van der Waals surface area contributed by atoms with Crippen LogP contribution in [0.15, 0.2) is 5.38 Å². The SMILES string of the molecule is CC(C)NC1(c2nc(C(C)(C)C)cs2)CCCSC1. The summed E-state index contributed by atoms with van der Waals surface area (Å²) in [5.41, 5.74) is 1.48. The fourth-order valence-electron chi connectivity index (χ4n) is 2.53. The monoisotopic (exact) mass is 298 g/mol. The maximum absolute atomic E-state index is 4.97. The first-order chi connectivity index (χ1) is 8.83. The zero-order chi connectivity index (χ0) is 14.1. The van der Waals surface area contributed by atoms with Crippen molar-refractivity contribution >= 4 is 23.1 Å². The van der Waals surface area contributed by atoms with Gasteiger partial charge in [-0.1, -0.05) is 20.8 Å². The first-order valence-corrected chi connectivity index (χ1v) is 9.19. The van der Waals surface area contributed by atoms with Crippen LogP contribution < -0.4 is 5.32 Å². The van der Waals surface area contributed by atoms with Gasteiger partial charge in [-0.25, -0.2) is 4.98 Å². The van der Waals surface area contributed by atoms with Gasteiger partial charge in [-0.2, -0.15) is 11.8 Å². The van der Waals surface area contributed by atoms with Crippen molar-refractivity contribution in [1.82, 2.24) is 10.3 Å². The van der Waals surface area contributed by atoms with Gasteiger partial charge in [0.1, 0.15) is 5.01 Å². The molecule has 0 spiro atoms. The Labute approximate surface area is 125 Å².